The molecule has 1 saturated carbocycles. The maximum atomic E-state index is 2.61. The Balaban J connectivity index is 1.27. The summed E-state index contributed by atoms with van der Waals surface area (Å²) in [5.41, 5.74) is 9.85. The number of fused-ring (bicyclic) bond motifs is 8. The summed E-state index contributed by atoms with van der Waals surface area (Å²) in [6.45, 7) is 4.93. The van der Waals surface area contributed by atoms with E-state index >= 15 is 0 Å². The first-order valence-corrected chi connectivity index (χ1v) is 26.8. The molecule has 1 fully saturated rings. The smallest absolute Gasteiger partial charge is 0.000873 e. The predicted octanol–water partition coefficient (Wildman–Crippen LogP) is 14.4. The first-order chi connectivity index (χ1) is 31.1. The molecular weight excluding hydrogens is 795 g/mol. The van der Waals surface area contributed by atoms with Crippen molar-refractivity contribution in [3.8, 4) is 11.1 Å². The molecule has 63 heavy (non-hydrogen) atoms. The largest absolute Gasteiger partial charge is 0.0654 e. The summed E-state index contributed by atoms with van der Waals surface area (Å²) in [5.74, 6) is 1.32. The highest BCUT2D eigenvalue weighted by molar-refractivity contribution is 7.80. The van der Waals surface area contributed by atoms with Crippen LogP contribution in [0.1, 0.15) is 112 Å². The fourth-order valence-corrected chi connectivity index (χ4v) is 17.3. The van der Waals surface area contributed by atoms with Gasteiger partial charge in [-0.3, -0.25) is 0 Å². The van der Waals surface area contributed by atoms with Crippen LogP contribution < -0.4 is 31.8 Å². The topological polar surface area (TPSA) is 0 Å². The van der Waals surface area contributed by atoms with Gasteiger partial charge in [0.2, 0.25) is 0 Å². The maximum Gasteiger partial charge on any atom is -0.000873 e. The van der Waals surface area contributed by atoms with Crippen molar-refractivity contribution in [3.05, 3.63) is 192 Å². The summed E-state index contributed by atoms with van der Waals surface area (Å²) >= 11 is 0. The second-order valence-corrected chi connectivity index (χ2v) is 23.4. The Morgan fingerprint density at radius 2 is 0.937 bits per heavy atom. The Kier molecular flexibility index (Phi) is 11.4. The molecule has 0 radical (unpaired) electrons. The van der Waals surface area contributed by atoms with Gasteiger partial charge >= 0.3 is 0 Å². The van der Waals surface area contributed by atoms with Crippen molar-refractivity contribution in [2.75, 3.05) is 0 Å². The van der Waals surface area contributed by atoms with Crippen LogP contribution in [0.15, 0.2) is 170 Å². The Hall–Kier alpha value is -4.86. The molecule has 0 heterocycles. The minimum Gasteiger partial charge on any atom is -0.0654 e. The molecule has 8 aromatic carbocycles. The van der Waals surface area contributed by atoms with Gasteiger partial charge in [0.25, 0.3) is 0 Å². The molecule has 0 N–H and O–H groups in total. The first kappa shape index (κ1) is 40.9. The normalized spacial score (nSPS) is 19.4. The Bertz CT molecular complexity index is 2810. The molecule has 3 aliphatic rings. The lowest BCUT2D eigenvalue weighted by atomic mass is 9.66. The van der Waals surface area contributed by atoms with E-state index in [0.29, 0.717) is 17.3 Å². The summed E-state index contributed by atoms with van der Waals surface area (Å²) in [6.07, 6.45) is 15.5. The first-order valence-electron chi connectivity index (χ1n) is 24.1. The standard InChI is InChI=1S/C61H60P2/c1-3-4-9-20-43-21-18-30-49-48(43)32-34-54-50(49)36-38-57(62(44-22-10-5-11-23-44)45-24-12-6-13-25-45)59(54)60-55-35-33-53-52(40-42-61(2)41-19-31-56(53)61)51(55)37-39-58(60)63(46-26-14-7-15-27-46)47-28-16-8-17-29-47/h5-8,10-17,22-29,32-39,43,56H,3-4,9,18-21,30-31,40-42H2,1-2H3/t43?,56?,61-/m0/s1. The lowest BCUT2D eigenvalue weighted by Gasteiger charge is -2.39. The SMILES string of the molecule is CCCCCC1CCCc2c1ccc1c(-c3c(P(c4ccccc4)c4ccccc4)ccc4c5c(ccc34)C3CCC[C@@]3(C)CC5)c(P(c3ccccc3)c3ccccc3)ccc21. The maximum absolute atomic E-state index is 2.61. The lowest BCUT2D eigenvalue weighted by molar-refractivity contribution is 0.253. The predicted molar refractivity (Wildman–Crippen MR) is 277 cm³/mol. The molecule has 0 saturated heterocycles. The monoisotopic (exact) mass is 854 g/mol. The van der Waals surface area contributed by atoms with Crippen molar-refractivity contribution in [1.82, 2.24) is 0 Å². The van der Waals surface area contributed by atoms with E-state index < -0.39 is 15.8 Å². The molecule has 3 aliphatic carbocycles. The minimum absolute atomic E-state index is 0.426. The van der Waals surface area contributed by atoms with Gasteiger partial charge in [-0.15, -0.1) is 0 Å². The molecule has 11 rings (SSSR count). The van der Waals surface area contributed by atoms with Gasteiger partial charge in [-0.1, -0.05) is 209 Å². The molecular formula is C61H60P2. The van der Waals surface area contributed by atoms with Crippen molar-refractivity contribution < 1.29 is 0 Å². The van der Waals surface area contributed by atoms with Gasteiger partial charge in [0.1, 0.15) is 0 Å². The van der Waals surface area contributed by atoms with Gasteiger partial charge in [-0.25, -0.2) is 0 Å². The van der Waals surface area contributed by atoms with Crippen molar-refractivity contribution in [1.29, 1.82) is 0 Å². The average molecular weight is 855 g/mol. The van der Waals surface area contributed by atoms with Crippen LogP contribution >= 0.6 is 15.8 Å². The van der Waals surface area contributed by atoms with Crippen LogP contribution in [0.4, 0.5) is 0 Å². The number of aryl methyl sites for hydroxylation is 2. The van der Waals surface area contributed by atoms with Crippen LogP contribution in [0.3, 0.4) is 0 Å². The van der Waals surface area contributed by atoms with Crippen molar-refractivity contribution in [3.63, 3.8) is 0 Å². The number of hydrogen-bond acceptors (Lipinski definition) is 0. The van der Waals surface area contributed by atoms with Gasteiger partial charge in [-0.2, -0.15) is 0 Å². The molecule has 0 bridgehead atoms. The van der Waals surface area contributed by atoms with E-state index in [4.69, 9.17) is 0 Å². The number of rotatable bonds is 11. The van der Waals surface area contributed by atoms with Crippen molar-refractivity contribution in [2.24, 2.45) is 5.41 Å². The summed E-state index contributed by atoms with van der Waals surface area (Å²) < 4.78 is 0. The Labute approximate surface area is 378 Å². The highest BCUT2D eigenvalue weighted by Gasteiger charge is 2.43. The fraction of sp³-hybridized carbons (Fsp3) is 0.279. The van der Waals surface area contributed by atoms with E-state index in [1.54, 1.807) is 22.3 Å². The van der Waals surface area contributed by atoms with Crippen molar-refractivity contribution in [2.45, 2.75) is 103 Å². The zero-order valence-corrected chi connectivity index (χ0v) is 39.0. The summed E-state index contributed by atoms with van der Waals surface area (Å²) in [5, 5.41) is 14.4. The third kappa shape index (κ3) is 7.41. The molecule has 3 atom stereocenters. The molecule has 0 nitrogen and oxygen atoms in total. The third-order valence-electron chi connectivity index (χ3n) is 15.4. The van der Waals surface area contributed by atoms with Crippen LogP contribution in [0, 0.1) is 5.41 Å². The lowest BCUT2D eigenvalue weighted by Crippen LogP contribution is -2.28. The number of hydrogen-bond donors (Lipinski definition) is 0. The van der Waals surface area contributed by atoms with E-state index in [-0.39, 0.29) is 0 Å². The van der Waals surface area contributed by atoms with Gasteiger partial charge < -0.3 is 0 Å². The summed E-state index contributed by atoms with van der Waals surface area (Å²) in [7, 11) is -1.81. The highest BCUT2D eigenvalue weighted by atomic mass is 31.1. The van der Waals surface area contributed by atoms with Gasteiger partial charge in [-0.05, 0) is 171 Å². The molecule has 0 aliphatic heterocycles. The summed E-state index contributed by atoms with van der Waals surface area (Å²) in [4.78, 5) is 0. The van der Waals surface area contributed by atoms with Crippen molar-refractivity contribution >= 4 is 69.2 Å². The van der Waals surface area contributed by atoms with Gasteiger partial charge in [0.05, 0.1) is 0 Å². The van der Waals surface area contributed by atoms with Crippen LogP contribution in [-0.4, -0.2) is 0 Å². The molecule has 0 amide bonds. The van der Waals surface area contributed by atoms with E-state index in [1.165, 1.54) is 142 Å². The van der Waals surface area contributed by atoms with Crippen LogP contribution in [-0.2, 0) is 12.8 Å². The minimum atomic E-state index is -0.906. The van der Waals surface area contributed by atoms with E-state index in [2.05, 4.69) is 184 Å². The number of unbranched alkanes of at least 4 members (excludes halogenated alkanes) is 2. The second-order valence-electron chi connectivity index (χ2n) is 19.1. The molecule has 2 unspecified atom stereocenters. The Morgan fingerprint density at radius 3 is 1.44 bits per heavy atom. The Morgan fingerprint density at radius 1 is 0.460 bits per heavy atom. The summed E-state index contributed by atoms with van der Waals surface area (Å²) in [6, 6.07) is 66.6. The van der Waals surface area contributed by atoms with Crippen LogP contribution in [0.2, 0.25) is 0 Å². The molecule has 8 aromatic rings. The molecule has 314 valence electrons. The quantitative estimate of drug-likeness (QED) is 0.0898. The van der Waals surface area contributed by atoms with E-state index in [9.17, 15) is 0 Å². The second kappa shape index (κ2) is 17.6. The molecule has 0 aromatic heterocycles. The molecule has 0 spiro atoms. The zero-order valence-electron chi connectivity index (χ0n) is 37.2. The average Bonchev–Trinajstić information content (AvgIpc) is 3.75. The number of benzene rings is 8. The third-order valence-corrected chi connectivity index (χ3v) is 20.4. The highest BCUT2D eigenvalue weighted by Crippen LogP contribution is 2.57. The van der Waals surface area contributed by atoms with Crippen LogP contribution in [0.25, 0.3) is 32.7 Å². The van der Waals surface area contributed by atoms with E-state index in [1.807, 2.05) is 0 Å². The molecule has 2 heteroatoms. The van der Waals surface area contributed by atoms with Gasteiger partial charge in [0.15, 0.2) is 0 Å². The van der Waals surface area contributed by atoms with Gasteiger partial charge in [0, 0.05) is 0 Å². The van der Waals surface area contributed by atoms with Crippen LogP contribution in [0.5, 0.6) is 0 Å². The zero-order chi connectivity index (χ0) is 42.3. The fourth-order valence-electron chi connectivity index (χ4n) is 12.4. The van der Waals surface area contributed by atoms with E-state index in [0.717, 1.165) is 0 Å².